The highest BCUT2D eigenvalue weighted by Gasteiger charge is 2.27. The number of unbranched alkanes of at least 4 members (excludes halogenated alkanes) is 2. The van der Waals surface area contributed by atoms with Crippen LogP contribution in [0.2, 0.25) is 0 Å². The van der Waals surface area contributed by atoms with Crippen LogP contribution in [0.4, 0.5) is 0 Å². The zero-order chi connectivity index (χ0) is 26.0. The molecular formula is C27H39N3O5. The molecule has 0 bridgehead atoms. The molecule has 0 atom stereocenters. The molecule has 0 aliphatic rings. The number of carbonyl (C=O) groups excluding carboxylic acids is 1. The predicted octanol–water partition coefficient (Wildman–Crippen LogP) is 4.87. The maximum absolute atomic E-state index is 13.2. The van der Waals surface area contributed by atoms with E-state index in [4.69, 9.17) is 30.1 Å². The van der Waals surface area contributed by atoms with Crippen LogP contribution in [0.1, 0.15) is 62.9 Å². The Morgan fingerprint density at radius 2 is 1.43 bits per heavy atom. The Kier molecular flexibility index (Phi) is 10.7. The summed E-state index contributed by atoms with van der Waals surface area (Å²) in [5.41, 5.74) is 6.59. The molecule has 2 rings (SSSR count). The number of nitrogens with two attached hydrogens (primary N) is 1. The van der Waals surface area contributed by atoms with Gasteiger partial charge in [-0.15, -0.1) is 0 Å². The van der Waals surface area contributed by atoms with Crippen LogP contribution in [0.5, 0.6) is 23.0 Å². The summed E-state index contributed by atoms with van der Waals surface area (Å²) in [6, 6.07) is 10.8. The van der Waals surface area contributed by atoms with Crippen LogP contribution in [0.25, 0.3) is 0 Å². The summed E-state index contributed by atoms with van der Waals surface area (Å²) < 4.78 is 22.8. The van der Waals surface area contributed by atoms with Crippen molar-refractivity contribution in [3.8, 4) is 23.0 Å². The summed E-state index contributed by atoms with van der Waals surface area (Å²) >= 11 is 0. The number of carbonyl (C=O) groups is 1. The molecule has 1 amide bonds. The lowest BCUT2D eigenvalue weighted by atomic mass is 10.1. The minimum atomic E-state index is -0.104. The van der Waals surface area contributed by atoms with Crippen LogP contribution < -0.4 is 24.7 Å². The van der Waals surface area contributed by atoms with E-state index in [0.717, 1.165) is 25.0 Å². The standard InChI is InChI=1S/C27H39N3O5/c1-18(2)30(19(3)4)27(31)22-14-15-23(25(33-6)24(22)32-5)35-17-9-7-8-16-34-21-12-10-20(11-13-21)26(28)29/h10-15,18-19H,7-9,16-17H2,1-6H3,(H3,28,29). The predicted molar refractivity (Wildman–Crippen MR) is 138 cm³/mol. The van der Waals surface area contributed by atoms with E-state index in [0.29, 0.717) is 41.6 Å². The Labute approximate surface area is 208 Å². The Morgan fingerprint density at radius 1 is 0.857 bits per heavy atom. The van der Waals surface area contributed by atoms with Crippen molar-refractivity contribution in [2.24, 2.45) is 5.73 Å². The Bertz CT molecular complexity index is 966. The number of amides is 1. The van der Waals surface area contributed by atoms with E-state index in [-0.39, 0.29) is 23.8 Å². The number of nitrogen functional groups attached to an aromatic ring is 1. The zero-order valence-corrected chi connectivity index (χ0v) is 21.7. The van der Waals surface area contributed by atoms with E-state index in [1.165, 1.54) is 7.11 Å². The fraction of sp³-hybridized carbons (Fsp3) is 0.481. The number of nitrogens with one attached hydrogen (secondary N) is 1. The fourth-order valence-corrected chi connectivity index (χ4v) is 3.91. The molecule has 0 aliphatic heterocycles. The third-order valence-electron chi connectivity index (χ3n) is 5.54. The second kappa shape index (κ2) is 13.5. The molecule has 2 aromatic rings. The molecule has 0 spiro atoms. The highest BCUT2D eigenvalue weighted by Crippen LogP contribution is 2.40. The van der Waals surface area contributed by atoms with Gasteiger partial charge in [0.15, 0.2) is 11.5 Å². The number of hydrogen-bond donors (Lipinski definition) is 2. The summed E-state index contributed by atoms with van der Waals surface area (Å²) in [4.78, 5) is 15.0. The molecule has 8 heteroatoms. The number of ether oxygens (including phenoxy) is 4. The summed E-state index contributed by atoms with van der Waals surface area (Å²) in [5.74, 6) is 2.04. The molecule has 0 fully saturated rings. The maximum Gasteiger partial charge on any atom is 0.258 e. The Hall–Kier alpha value is -3.42. The molecule has 0 saturated heterocycles. The first kappa shape index (κ1) is 27.8. The molecule has 0 unspecified atom stereocenters. The first-order valence-electron chi connectivity index (χ1n) is 12.0. The van der Waals surface area contributed by atoms with Gasteiger partial charge in [-0.3, -0.25) is 10.2 Å². The summed E-state index contributed by atoms with van der Waals surface area (Å²) in [7, 11) is 3.07. The van der Waals surface area contributed by atoms with Crippen LogP contribution in [0.3, 0.4) is 0 Å². The van der Waals surface area contributed by atoms with E-state index in [1.807, 2.05) is 44.7 Å². The number of nitrogens with zero attached hydrogens (tertiary/aromatic N) is 1. The van der Waals surface area contributed by atoms with Gasteiger partial charge in [0, 0.05) is 17.6 Å². The van der Waals surface area contributed by atoms with Gasteiger partial charge in [0.05, 0.1) is 33.0 Å². The number of benzene rings is 2. The summed E-state index contributed by atoms with van der Waals surface area (Å²) in [6.45, 7) is 9.07. The van der Waals surface area contributed by atoms with E-state index in [1.54, 1.807) is 31.4 Å². The van der Waals surface area contributed by atoms with Crippen molar-refractivity contribution in [3.63, 3.8) is 0 Å². The lowest BCUT2D eigenvalue weighted by molar-refractivity contribution is 0.0639. The van der Waals surface area contributed by atoms with Gasteiger partial charge in [-0.05, 0) is 83.4 Å². The van der Waals surface area contributed by atoms with E-state index < -0.39 is 0 Å². The van der Waals surface area contributed by atoms with Gasteiger partial charge in [-0.2, -0.15) is 0 Å². The molecule has 0 aliphatic carbocycles. The minimum Gasteiger partial charge on any atom is -0.494 e. The van der Waals surface area contributed by atoms with Crippen LogP contribution in [0.15, 0.2) is 36.4 Å². The number of methoxy groups -OCH3 is 2. The topological polar surface area (TPSA) is 107 Å². The van der Waals surface area contributed by atoms with E-state index in [9.17, 15) is 4.79 Å². The molecule has 0 saturated carbocycles. The van der Waals surface area contributed by atoms with Crippen LogP contribution in [-0.4, -0.2) is 56.2 Å². The molecule has 35 heavy (non-hydrogen) atoms. The number of rotatable bonds is 14. The average molecular weight is 486 g/mol. The van der Waals surface area contributed by atoms with Crippen molar-refractivity contribution < 1.29 is 23.7 Å². The molecular weight excluding hydrogens is 446 g/mol. The van der Waals surface area contributed by atoms with Gasteiger partial charge in [0.25, 0.3) is 5.91 Å². The maximum atomic E-state index is 13.2. The van der Waals surface area contributed by atoms with Crippen molar-refractivity contribution >= 4 is 11.7 Å². The molecule has 0 heterocycles. The fourth-order valence-electron chi connectivity index (χ4n) is 3.91. The average Bonchev–Trinajstić information content (AvgIpc) is 2.82. The zero-order valence-electron chi connectivity index (χ0n) is 21.7. The molecule has 0 radical (unpaired) electrons. The van der Waals surface area contributed by atoms with E-state index >= 15 is 0 Å². The lowest BCUT2D eigenvalue weighted by Gasteiger charge is -2.31. The number of amidine groups is 1. The van der Waals surface area contributed by atoms with Crippen molar-refractivity contribution in [1.82, 2.24) is 4.90 Å². The summed E-state index contributed by atoms with van der Waals surface area (Å²) in [6.07, 6.45) is 2.65. The normalized spacial score (nSPS) is 10.9. The second-order valence-electron chi connectivity index (χ2n) is 8.77. The van der Waals surface area contributed by atoms with Crippen LogP contribution in [-0.2, 0) is 0 Å². The quantitative estimate of drug-likeness (QED) is 0.224. The molecule has 2 aromatic carbocycles. The van der Waals surface area contributed by atoms with Gasteiger partial charge < -0.3 is 29.6 Å². The summed E-state index contributed by atoms with van der Waals surface area (Å²) in [5, 5.41) is 7.42. The van der Waals surface area contributed by atoms with Gasteiger partial charge in [0.2, 0.25) is 5.75 Å². The van der Waals surface area contributed by atoms with Crippen molar-refractivity contribution in [2.45, 2.75) is 59.0 Å². The molecule has 0 aromatic heterocycles. The first-order valence-corrected chi connectivity index (χ1v) is 12.0. The smallest absolute Gasteiger partial charge is 0.258 e. The lowest BCUT2D eigenvalue weighted by Crippen LogP contribution is -2.42. The largest absolute Gasteiger partial charge is 0.494 e. The highest BCUT2D eigenvalue weighted by atomic mass is 16.5. The monoisotopic (exact) mass is 485 g/mol. The second-order valence-corrected chi connectivity index (χ2v) is 8.77. The number of hydrogen-bond acceptors (Lipinski definition) is 6. The molecule has 3 N–H and O–H groups in total. The van der Waals surface area contributed by atoms with Crippen molar-refractivity contribution in [1.29, 1.82) is 5.41 Å². The Balaban J connectivity index is 1.90. The van der Waals surface area contributed by atoms with Crippen LogP contribution in [0, 0.1) is 5.41 Å². The third-order valence-corrected chi connectivity index (χ3v) is 5.54. The third kappa shape index (κ3) is 7.53. The van der Waals surface area contributed by atoms with Crippen LogP contribution >= 0.6 is 0 Å². The van der Waals surface area contributed by atoms with Gasteiger partial charge in [-0.25, -0.2) is 0 Å². The van der Waals surface area contributed by atoms with Crippen molar-refractivity contribution in [2.75, 3.05) is 27.4 Å². The van der Waals surface area contributed by atoms with E-state index in [2.05, 4.69) is 0 Å². The first-order chi connectivity index (χ1) is 16.7. The Morgan fingerprint density at radius 3 is 1.94 bits per heavy atom. The highest BCUT2D eigenvalue weighted by molar-refractivity contribution is 5.98. The molecule has 8 nitrogen and oxygen atoms in total. The minimum absolute atomic E-state index is 0.0418. The molecule has 192 valence electrons. The van der Waals surface area contributed by atoms with Crippen molar-refractivity contribution in [3.05, 3.63) is 47.5 Å². The van der Waals surface area contributed by atoms with Gasteiger partial charge in [0.1, 0.15) is 11.6 Å². The van der Waals surface area contributed by atoms with Gasteiger partial charge >= 0.3 is 0 Å². The SMILES string of the molecule is COc1c(OCCCCCOc2ccc(C(=N)N)cc2)ccc(C(=O)N(C(C)C)C(C)C)c1OC. The van der Waals surface area contributed by atoms with Gasteiger partial charge in [-0.1, -0.05) is 0 Å².